The second kappa shape index (κ2) is 10.1. The van der Waals surface area contributed by atoms with Crippen LogP contribution in [0.1, 0.15) is 23.5 Å². The minimum absolute atomic E-state index is 0.0356. The van der Waals surface area contributed by atoms with E-state index >= 15 is 0 Å². The molecule has 9 heteroatoms. The van der Waals surface area contributed by atoms with E-state index in [1.165, 1.54) is 4.90 Å². The van der Waals surface area contributed by atoms with Gasteiger partial charge in [-0.25, -0.2) is 9.59 Å². The van der Waals surface area contributed by atoms with Crippen molar-refractivity contribution >= 4 is 18.0 Å². The Bertz CT molecular complexity index is 1070. The number of carboxylic acids is 1. The van der Waals surface area contributed by atoms with Gasteiger partial charge in [-0.15, -0.1) is 0 Å². The molecule has 5 rings (SSSR count). The lowest BCUT2D eigenvalue weighted by molar-refractivity contribution is -0.163. The summed E-state index contributed by atoms with van der Waals surface area (Å²) in [5, 5.41) is 12.2. The number of hydrogen-bond donors (Lipinski definition) is 2. The first-order valence-electron chi connectivity index (χ1n) is 11.9. The maximum atomic E-state index is 13.0. The van der Waals surface area contributed by atoms with Crippen molar-refractivity contribution in [1.29, 1.82) is 0 Å². The molecule has 0 radical (unpaired) electrons. The largest absolute Gasteiger partial charge is 0.480 e. The van der Waals surface area contributed by atoms with Gasteiger partial charge < -0.3 is 29.5 Å². The molecule has 1 aliphatic carbocycles. The van der Waals surface area contributed by atoms with Crippen LogP contribution in [0.3, 0.4) is 0 Å². The molecule has 1 unspecified atom stereocenters. The minimum atomic E-state index is -1.11. The van der Waals surface area contributed by atoms with Crippen LogP contribution in [0.25, 0.3) is 11.1 Å². The fourth-order valence-corrected chi connectivity index (χ4v) is 5.22. The highest BCUT2D eigenvalue weighted by atomic mass is 16.5. The Morgan fingerprint density at radius 1 is 1.03 bits per heavy atom. The molecule has 2 saturated heterocycles. The van der Waals surface area contributed by atoms with Crippen molar-refractivity contribution in [2.45, 2.75) is 24.5 Å². The lowest BCUT2D eigenvalue weighted by atomic mass is 9.98. The van der Waals surface area contributed by atoms with Crippen LogP contribution in [0.4, 0.5) is 4.79 Å². The number of carbonyl (C=O) groups is 3. The molecule has 0 bridgehead atoms. The Labute approximate surface area is 203 Å². The van der Waals surface area contributed by atoms with Crippen LogP contribution < -0.4 is 5.32 Å². The zero-order valence-corrected chi connectivity index (χ0v) is 19.2. The van der Waals surface area contributed by atoms with Gasteiger partial charge in [0.2, 0.25) is 0 Å². The van der Waals surface area contributed by atoms with E-state index < -0.39 is 24.2 Å². The normalized spacial score (nSPS) is 23.4. The van der Waals surface area contributed by atoms with Gasteiger partial charge in [0, 0.05) is 31.5 Å². The van der Waals surface area contributed by atoms with E-state index in [1.54, 1.807) is 0 Å². The van der Waals surface area contributed by atoms with Crippen LogP contribution in [-0.2, 0) is 23.8 Å². The Morgan fingerprint density at radius 3 is 2.40 bits per heavy atom. The fraction of sp³-hybridized carbons (Fsp3) is 0.423. The molecule has 2 fully saturated rings. The smallest absolute Gasteiger partial charge is 0.407 e. The molecule has 2 aliphatic heterocycles. The Balaban J connectivity index is 1.17. The highest BCUT2D eigenvalue weighted by molar-refractivity contribution is 5.87. The molecule has 2 aromatic rings. The van der Waals surface area contributed by atoms with Crippen LogP contribution in [0, 0.1) is 5.92 Å². The second-order valence-electron chi connectivity index (χ2n) is 9.01. The number of amides is 2. The van der Waals surface area contributed by atoms with E-state index in [4.69, 9.17) is 14.2 Å². The molecule has 0 spiro atoms. The molecule has 9 nitrogen and oxygen atoms in total. The van der Waals surface area contributed by atoms with Gasteiger partial charge in [-0.1, -0.05) is 48.5 Å². The molecule has 35 heavy (non-hydrogen) atoms. The minimum Gasteiger partial charge on any atom is -0.480 e. The standard InChI is InChI=1S/C26H28N2O7/c29-24(28-10-12-33-15-22(28)25(30)31)23-16(9-11-34-23)13-27-26(32)35-14-21-19-7-3-1-5-17(19)18-6-2-4-8-20(18)21/h1-8,16,21-23H,9-15H2,(H,27,32)(H,30,31)/t16-,22?,23-/m0/s1. The van der Waals surface area contributed by atoms with Gasteiger partial charge in [-0.2, -0.15) is 0 Å². The molecule has 3 atom stereocenters. The predicted molar refractivity (Wildman–Crippen MR) is 125 cm³/mol. The van der Waals surface area contributed by atoms with Crippen LogP contribution in [-0.4, -0.2) is 79.6 Å². The number of rotatable bonds is 6. The van der Waals surface area contributed by atoms with Gasteiger partial charge in [-0.3, -0.25) is 4.79 Å². The van der Waals surface area contributed by atoms with Crippen LogP contribution in [0.2, 0.25) is 0 Å². The Hall–Kier alpha value is -3.43. The zero-order valence-electron chi connectivity index (χ0n) is 19.2. The first-order chi connectivity index (χ1) is 17.0. The third-order valence-electron chi connectivity index (χ3n) is 7.01. The molecule has 0 saturated carbocycles. The molecule has 184 valence electrons. The monoisotopic (exact) mass is 480 g/mol. The van der Waals surface area contributed by atoms with E-state index in [0.717, 1.165) is 22.3 Å². The van der Waals surface area contributed by atoms with Crippen molar-refractivity contribution in [2.24, 2.45) is 5.92 Å². The molecule has 2 amide bonds. The number of carboxylic acid groups (broad SMARTS) is 1. The number of ether oxygens (including phenoxy) is 3. The SMILES string of the molecule is O=C(NC[C@@H]1CCO[C@@H]1C(=O)N1CCOCC1C(=O)O)OCC1c2ccccc2-c2ccccc21. The third-order valence-corrected chi connectivity index (χ3v) is 7.01. The van der Waals surface area contributed by atoms with E-state index in [-0.39, 0.29) is 50.7 Å². The first kappa shape index (κ1) is 23.3. The molecular weight excluding hydrogens is 452 g/mol. The average Bonchev–Trinajstić information content (AvgIpc) is 3.48. The van der Waals surface area contributed by atoms with Crippen LogP contribution in [0.15, 0.2) is 48.5 Å². The predicted octanol–water partition coefficient (Wildman–Crippen LogP) is 2.24. The first-order valence-corrected chi connectivity index (χ1v) is 11.9. The van der Waals surface area contributed by atoms with E-state index in [1.807, 2.05) is 24.3 Å². The van der Waals surface area contributed by atoms with Gasteiger partial charge in [0.05, 0.1) is 13.2 Å². The average molecular weight is 481 g/mol. The number of alkyl carbamates (subject to hydrolysis) is 1. The maximum Gasteiger partial charge on any atom is 0.407 e. The summed E-state index contributed by atoms with van der Waals surface area (Å²) in [5.74, 6) is -1.78. The Kier molecular flexibility index (Phi) is 6.70. The van der Waals surface area contributed by atoms with E-state index in [2.05, 4.69) is 29.6 Å². The molecule has 2 N–H and O–H groups in total. The van der Waals surface area contributed by atoms with Gasteiger partial charge in [0.15, 0.2) is 6.04 Å². The molecule has 0 aromatic heterocycles. The van der Waals surface area contributed by atoms with Crippen molar-refractivity contribution in [1.82, 2.24) is 10.2 Å². The number of benzene rings is 2. The van der Waals surface area contributed by atoms with Gasteiger partial charge in [-0.05, 0) is 28.7 Å². The lowest BCUT2D eigenvalue weighted by Crippen LogP contribution is -2.56. The van der Waals surface area contributed by atoms with Crippen molar-refractivity contribution in [3.05, 3.63) is 59.7 Å². The molecule has 2 aromatic carbocycles. The van der Waals surface area contributed by atoms with Gasteiger partial charge in [0.25, 0.3) is 5.91 Å². The lowest BCUT2D eigenvalue weighted by Gasteiger charge is -2.35. The van der Waals surface area contributed by atoms with Crippen molar-refractivity contribution in [3.63, 3.8) is 0 Å². The number of hydrogen-bond acceptors (Lipinski definition) is 6. The third kappa shape index (κ3) is 4.61. The van der Waals surface area contributed by atoms with Gasteiger partial charge >= 0.3 is 12.1 Å². The summed E-state index contributed by atoms with van der Waals surface area (Å²) in [7, 11) is 0. The summed E-state index contributed by atoms with van der Waals surface area (Å²) in [6, 6.07) is 15.2. The highest BCUT2D eigenvalue weighted by Gasteiger charge is 2.42. The van der Waals surface area contributed by atoms with E-state index in [9.17, 15) is 19.5 Å². The summed E-state index contributed by atoms with van der Waals surface area (Å²) in [6.07, 6.45) is -0.772. The van der Waals surface area contributed by atoms with E-state index in [0.29, 0.717) is 13.0 Å². The number of nitrogens with one attached hydrogen (secondary N) is 1. The van der Waals surface area contributed by atoms with Crippen molar-refractivity contribution in [2.75, 3.05) is 39.5 Å². The highest BCUT2D eigenvalue weighted by Crippen LogP contribution is 2.44. The number of aliphatic carboxylic acids is 1. The number of carbonyl (C=O) groups excluding carboxylic acids is 2. The molecule has 2 heterocycles. The summed E-state index contributed by atoms with van der Waals surface area (Å²) in [4.78, 5) is 38.4. The maximum absolute atomic E-state index is 13.0. The number of morpholine rings is 1. The van der Waals surface area contributed by atoms with Crippen molar-refractivity contribution in [3.8, 4) is 11.1 Å². The zero-order chi connectivity index (χ0) is 24.4. The summed E-state index contributed by atoms with van der Waals surface area (Å²) in [5.41, 5.74) is 4.58. The number of fused-ring (bicyclic) bond motifs is 3. The number of nitrogens with zero attached hydrogens (tertiary/aromatic N) is 1. The molecular formula is C26H28N2O7. The van der Waals surface area contributed by atoms with Crippen LogP contribution in [0.5, 0.6) is 0 Å². The van der Waals surface area contributed by atoms with Crippen molar-refractivity contribution < 1.29 is 33.7 Å². The van der Waals surface area contributed by atoms with Gasteiger partial charge in [0.1, 0.15) is 12.7 Å². The second-order valence-corrected chi connectivity index (χ2v) is 9.01. The van der Waals surface area contributed by atoms with Crippen LogP contribution >= 0.6 is 0 Å². The fourth-order valence-electron chi connectivity index (χ4n) is 5.22. The Morgan fingerprint density at radius 2 is 1.71 bits per heavy atom. The molecule has 3 aliphatic rings. The summed E-state index contributed by atoms with van der Waals surface area (Å²) < 4.78 is 16.4. The summed E-state index contributed by atoms with van der Waals surface area (Å²) >= 11 is 0. The quantitative estimate of drug-likeness (QED) is 0.652. The summed E-state index contributed by atoms with van der Waals surface area (Å²) in [6.45, 7) is 1.21. The topological polar surface area (TPSA) is 114 Å².